The highest BCUT2D eigenvalue weighted by Gasteiger charge is 2.15. The Labute approximate surface area is 139 Å². The van der Waals surface area contributed by atoms with Crippen LogP contribution in [-0.2, 0) is 6.54 Å². The van der Waals surface area contributed by atoms with E-state index in [4.69, 9.17) is 28.9 Å². The molecule has 7 heteroatoms. The Morgan fingerprint density at radius 3 is 2.65 bits per heavy atom. The van der Waals surface area contributed by atoms with Crippen LogP contribution in [0.3, 0.4) is 0 Å². The van der Waals surface area contributed by atoms with Crippen LogP contribution in [0.4, 0.5) is 5.69 Å². The van der Waals surface area contributed by atoms with Crippen LogP contribution in [-0.4, -0.2) is 17.9 Å². The molecule has 0 radical (unpaired) electrons. The average Bonchev–Trinajstić information content (AvgIpc) is 2.79. The number of hydrogen-bond acceptors (Lipinski definition) is 3. The van der Waals surface area contributed by atoms with Gasteiger partial charge in [-0.3, -0.25) is 4.79 Å². The fourth-order valence-electron chi connectivity index (χ4n) is 1.73. The zero-order valence-electron chi connectivity index (χ0n) is 10.5. The largest absolute Gasteiger partial charge is 0.397 e. The van der Waals surface area contributed by atoms with Crippen molar-refractivity contribution in [3.63, 3.8) is 0 Å². The van der Waals surface area contributed by atoms with Gasteiger partial charge in [0, 0.05) is 19.2 Å². The van der Waals surface area contributed by atoms with E-state index < -0.39 is 0 Å². The first-order valence-corrected chi connectivity index (χ1v) is 8.04. The Morgan fingerprint density at radius 2 is 2.10 bits per heavy atom. The SMILES string of the molecule is CN(Cc1csc(Br)c1)C(=O)c1cc(N)c(Cl)c(Cl)c1. The highest BCUT2D eigenvalue weighted by atomic mass is 79.9. The Balaban J connectivity index is 2.18. The maximum Gasteiger partial charge on any atom is 0.254 e. The molecule has 2 rings (SSSR count). The molecule has 1 aromatic carbocycles. The van der Waals surface area contributed by atoms with Gasteiger partial charge in [-0.25, -0.2) is 0 Å². The minimum Gasteiger partial charge on any atom is -0.397 e. The summed E-state index contributed by atoms with van der Waals surface area (Å²) in [6, 6.07) is 5.05. The van der Waals surface area contributed by atoms with Crippen LogP contribution in [0.15, 0.2) is 27.4 Å². The van der Waals surface area contributed by atoms with Gasteiger partial charge in [0.25, 0.3) is 5.91 Å². The third-order valence-electron chi connectivity index (χ3n) is 2.69. The molecule has 0 atom stereocenters. The molecule has 20 heavy (non-hydrogen) atoms. The van der Waals surface area contributed by atoms with Crippen molar-refractivity contribution in [2.24, 2.45) is 0 Å². The molecule has 0 spiro atoms. The number of rotatable bonds is 3. The minimum absolute atomic E-state index is 0.155. The molecule has 2 N–H and O–H groups in total. The molecule has 1 aromatic heterocycles. The standard InChI is InChI=1S/C13H11BrCl2N2OS/c1-18(5-7-2-11(14)20-6-7)13(19)8-3-9(15)12(16)10(17)4-8/h2-4,6H,5,17H2,1H3. The quantitative estimate of drug-likeness (QED) is 0.770. The molecule has 0 unspecified atom stereocenters. The smallest absolute Gasteiger partial charge is 0.254 e. The number of carbonyl (C=O) groups is 1. The van der Waals surface area contributed by atoms with Gasteiger partial charge in [0.05, 0.1) is 19.5 Å². The molecule has 0 aliphatic rings. The molecule has 0 saturated carbocycles. The summed E-state index contributed by atoms with van der Waals surface area (Å²) in [7, 11) is 1.73. The van der Waals surface area contributed by atoms with Crippen molar-refractivity contribution in [1.82, 2.24) is 4.90 Å². The third kappa shape index (κ3) is 3.47. The number of halogens is 3. The van der Waals surface area contributed by atoms with E-state index >= 15 is 0 Å². The number of nitrogens with zero attached hydrogens (tertiary/aromatic N) is 1. The normalized spacial score (nSPS) is 10.6. The zero-order chi connectivity index (χ0) is 14.9. The Hall–Kier alpha value is -0.750. The van der Waals surface area contributed by atoms with Gasteiger partial charge < -0.3 is 10.6 Å². The predicted octanol–water partition coefficient (Wildman–Crippen LogP) is 4.67. The molecule has 3 nitrogen and oxygen atoms in total. The van der Waals surface area contributed by atoms with E-state index in [1.807, 2.05) is 11.4 Å². The lowest BCUT2D eigenvalue weighted by Gasteiger charge is -2.17. The number of hydrogen-bond donors (Lipinski definition) is 1. The van der Waals surface area contributed by atoms with Crippen molar-refractivity contribution < 1.29 is 4.79 Å². The minimum atomic E-state index is -0.155. The van der Waals surface area contributed by atoms with Crippen LogP contribution in [0.2, 0.25) is 10.0 Å². The number of carbonyl (C=O) groups excluding carboxylic acids is 1. The fraction of sp³-hybridized carbons (Fsp3) is 0.154. The van der Waals surface area contributed by atoms with E-state index in [2.05, 4.69) is 15.9 Å². The zero-order valence-corrected chi connectivity index (χ0v) is 14.4. The second kappa shape index (κ2) is 6.35. The highest BCUT2D eigenvalue weighted by molar-refractivity contribution is 9.11. The molecule has 0 aliphatic heterocycles. The lowest BCUT2D eigenvalue weighted by Crippen LogP contribution is -2.26. The first kappa shape index (κ1) is 15.6. The van der Waals surface area contributed by atoms with Crippen LogP contribution in [0.5, 0.6) is 0 Å². The van der Waals surface area contributed by atoms with Gasteiger partial charge in [-0.15, -0.1) is 11.3 Å². The van der Waals surface area contributed by atoms with Gasteiger partial charge in [0.1, 0.15) is 0 Å². The number of anilines is 1. The molecule has 2 aromatic rings. The Morgan fingerprint density at radius 1 is 1.40 bits per heavy atom. The van der Waals surface area contributed by atoms with Crippen LogP contribution >= 0.6 is 50.5 Å². The molecular weight excluding hydrogens is 383 g/mol. The molecule has 0 fully saturated rings. The number of nitrogen functional groups attached to an aromatic ring is 1. The Kier molecular flexibility index (Phi) is 4.96. The number of benzene rings is 1. The molecule has 0 saturated heterocycles. The van der Waals surface area contributed by atoms with E-state index in [1.54, 1.807) is 23.3 Å². The van der Waals surface area contributed by atoms with Crippen LogP contribution in [0, 0.1) is 0 Å². The number of nitrogens with two attached hydrogens (primary N) is 1. The van der Waals surface area contributed by atoms with Gasteiger partial charge in [-0.2, -0.15) is 0 Å². The lowest BCUT2D eigenvalue weighted by molar-refractivity contribution is 0.0785. The highest BCUT2D eigenvalue weighted by Crippen LogP contribution is 2.30. The molecule has 1 amide bonds. The molecule has 0 bridgehead atoms. The third-order valence-corrected chi connectivity index (χ3v) is 5.06. The second-order valence-corrected chi connectivity index (χ2v) is 7.36. The van der Waals surface area contributed by atoms with Gasteiger partial charge in [-0.05, 0) is 45.1 Å². The van der Waals surface area contributed by atoms with Gasteiger partial charge in [0.15, 0.2) is 0 Å². The van der Waals surface area contributed by atoms with E-state index in [0.29, 0.717) is 17.8 Å². The number of thiophene rings is 1. The maximum absolute atomic E-state index is 12.3. The predicted molar refractivity (Wildman–Crippen MR) is 88.7 cm³/mol. The number of amides is 1. The molecular formula is C13H11BrCl2N2OS. The molecule has 0 aliphatic carbocycles. The second-order valence-electron chi connectivity index (χ2n) is 4.28. The summed E-state index contributed by atoms with van der Waals surface area (Å²) in [5, 5.41) is 2.55. The average molecular weight is 394 g/mol. The topological polar surface area (TPSA) is 46.3 Å². The lowest BCUT2D eigenvalue weighted by atomic mass is 10.1. The van der Waals surface area contributed by atoms with Crippen molar-refractivity contribution in [2.75, 3.05) is 12.8 Å². The van der Waals surface area contributed by atoms with Crippen molar-refractivity contribution in [3.05, 3.63) is 48.5 Å². The summed E-state index contributed by atoms with van der Waals surface area (Å²) in [5.41, 5.74) is 7.51. The van der Waals surface area contributed by atoms with Crippen LogP contribution in [0.25, 0.3) is 0 Å². The first-order chi connectivity index (χ1) is 9.38. The van der Waals surface area contributed by atoms with Crippen molar-refractivity contribution in [2.45, 2.75) is 6.54 Å². The van der Waals surface area contributed by atoms with Crippen molar-refractivity contribution in [3.8, 4) is 0 Å². The summed E-state index contributed by atoms with van der Waals surface area (Å²) >= 11 is 16.8. The monoisotopic (exact) mass is 392 g/mol. The maximum atomic E-state index is 12.3. The van der Waals surface area contributed by atoms with E-state index in [-0.39, 0.29) is 16.0 Å². The van der Waals surface area contributed by atoms with Crippen LogP contribution in [0.1, 0.15) is 15.9 Å². The fourth-order valence-corrected chi connectivity index (χ4v) is 3.26. The van der Waals surface area contributed by atoms with E-state index in [9.17, 15) is 4.79 Å². The van der Waals surface area contributed by atoms with Gasteiger partial charge in [0.2, 0.25) is 0 Å². The van der Waals surface area contributed by atoms with Gasteiger partial charge in [-0.1, -0.05) is 23.2 Å². The summed E-state index contributed by atoms with van der Waals surface area (Å²) in [5.74, 6) is -0.155. The first-order valence-electron chi connectivity index (χ1n) is 5.61. The molecule has 106 valence electrons. The van der Waals surface area contributed by atoms with Gasteiger partial charge >= 0.3 is 0 Å². The van der Waals surface area contributed by atoms with Crippen molar-refractivity contribution in [1.29, 1.82) is 0 Å². The van der Waals surface area contributed by atoms with Crippen LogP contribution < -0.4 is 5.73 Å². The van der Waals surface area contributed by atoms with E-state index in [1.165, 1.54) is 12.1 Å². The summed E-state index contributed by atoms with van der Waals surface area (Å²) in [6.45, 7) is 0.515. The summed E-state index contributed by atoms with van der Waals surface area (Å²) < 4.78 is 1.03. The van der Waals surface area contributed by atoms with Crippen molar-refractivity contribution >= 4 is 62.1 Å². The summed E-state index contributed by atoms with van der Waals surface area (Å²) in [6.07, 6.45) is 0. The summed E-state index contributed by atoms with van der Waals surface area (Å²) in [4.78, 5) is 13.9. The molecule has 1 heterocycles. The van der Waals surface area contributed by atoms with E-state index in [0.717, 1.165) is 9.35 Å². The Bertz CT molecular complexity index is 637.